The number of ether oxygens (including phenoxy) is 1. The lowest BCUT2D eigenvalue weighted by Crippen LogP contribution is -2.48. The molecule has 41 heavy (non-hydrogen) atoms. The highest BCUT2D eigenvalue weighted by Gasteiger charge is 2.45. The lowest BCUT2D eigenvalue weighted by Gasteiger charge is -2.39. The van der Waals surface area contributed by atoms with E-state index >= 15 is 0 Å². The predicted molar refractivity (Wildman–Crippen MR) is 158 cm³/mol. The first-order valence-corrected chi connectivity index (χ1v) is 15.0. The fourth-order valence-electron chi connectivity index (χ4n) is 6.79. The van der Waals surface area contributed by atoms with E-state index in [0.717, 1.165) is 51.9 Å². The van der Waals surface area contributed by atoms with Crippen molar-refractivity contribution in [1.82, 2.24) is 14.7 Å². The first kappa shape index (κ1) is 27.3. The smallest absolute Gasteiger partial charge is 0.335 e. The quantitative estimate of drug-likeness (QED) is 0.327. The van der Waals surface area contributed by atoms with Gasteiger partial charge in [-0.05, 0) is 67.1 Å². The number of carboxylic acids is 1. The molecule has 1 saturated carbocycles. The van der Waals surface area contributed by atoms with Crippen LogP contribution in [0.4, 0.5) is 4.79 Å². The van der Waals surface area contributed by atoms with Crippen molar-refractivity contribution in [1.29, 1.82) is 0 Å². The number of benzene rings is 3. The topological polar surface area (TPSA) is 73.3 Å². The van der Waals surface area contributed by atoms with Crippen LogP contribution in [0.25, 0.3) is 0 Å². The predicted octanol–water partition coefficient (Wildman–Crippen LogP) is 6.95. The standard InChI is InChI=1S/C34H39N3O4/c38-33(39)27-10-7-13-31(22-27)41-30-16-14-25(15-17-30)23-35-20-18-29(19-21-35)37-32(26-8-3-1-4-9-26)24-36(34(37)40)28-11-5-2-6-12-28/h1,3-4,7-10,13-17,22,28-29,32H,2,5-6,11-12,18-21,23-24H2,(H,38,39)/t32-/m0/s1. The highest BCUT2D eigenvalue weighted by Crippen LogP contribution is 2.38. The molecule has 1 aliphatic carbocycles. The summed E-state index contributed by atoms with van der Waals surface area (Å²) >= 11 is 0. The molecule has 214 valence electrons. The Kier molecular flexibility index (Phi) is 8.23. The van der Waals surface area contributed by atoms with Gasteiger partial charge in [0.25, 0.3) is 0 Å². The Morgan fingerprint density at radius 3 is 2.24 bits per heavy atom. The number of urea groups is 1. The van der Waals surface area contributed by atoms with E-state index in [1.54, 1.807) is 18.2 Å². The van der Waals surface area contributed by atoms with E-state index < -0.39 is 5.97 Å². The van der Waals surface area contributed by atoms with E-state index in [1.807, 2.05) is 12.1 Å². The first-order valence-electron chi connectivity index (χ1n) is 15.0. The first-order chi connectivity index (χ1) is 20.0. The van der Waals surface area contributed by atoms with Crippen LogP contribution in [0.3, 0.4) is 0 Å². The molecule has 3 aromatic rings. The molecule has 3 aromatic carbocycles. The van der Waals surface area contributed by atoms with Crippen molar-refractivity contribution >= 4 is 12.0 Å². The van der Waals surface area contributed by atoms with Gasteiger partial charge in [0.2, 0.25) is 0 Å². The Balaban J connectivity index is 1.07. The summed E-state index contributed by atoms with van der Waals surface area (Å²) in [5, 5.41) is 9.21. The lowest BCUT2D eigenvalue weighted by molar-refractivity contribution is 0.0696. The molecule has 2 amide bonds. The zero-order chi connectivity index (χ0) is 28.2. The number of aromatic carboxylic acids is 1. The number of carboxylic acid groups (broad SMARTS) is 1. The minimum Gasteiger partial charge on any atom is -0.478 e. The molecule has 0 spiro atoms. The second-order valence-corrected chi connectivity index (χ2v) is 11.6. The molecule has 3 aliphatic rings. The maximum absolute atomic E-state index is 13.9. The van der Waals surface area contributed by atoms with Gasteiger partial charge in [-0.15, -0.1) is 0 Å². The maximum Gasteiger partial charge on any atom is 0.335 e. The van der Waals surface area contributed by atoms with E-state index in [9.17, 15) is 14.7 Å². The normalized spacial score (nSPS) is 20.9. The second-order valence-electron chi connectivity index (χ2n) is 11.6. The van der Waals surface area contributed by atoms with Crippen LogP contribution in [0, 0.1) is 0 Å². The van der Waals surface area contributed by atoms with E-state index in [0.29, 0.717) is 17.5 Å². The van der Waals surface area contributed by atoms with Crippen molar-refractivity contribution in [3.05, 3.63) is 95.6 Å². The molecule has 2 saturated heterocycles. The largest absolute Gasteiger partial charge is 0.478 e. The van der Waals surface area contributed by atoms with Gasteiger partial charge in [-0.3, -0.25) is 4.90 Å². The molecule has 1 N–H and O–H groups in total. The Labute approximate surface area is 242 Å². The van der Waals surface area contributed by atoms with Gasteiger partial charge in [-0.25, -0.2) is 9.59 Å². The molecular weight excluding hydrogens is 514 g/mol. The molecule has 0 bridgehead atoms. The number of piperidine rings is 1. The Morgan fingerprint density at radius 1 is 0.805 bits per heavy atom. The summed E-state index contributed by atoms with van der Waals surface area (Å²) in [5.74, 6) is 0.213. The Hall–Kier alpha value is -3.84. The molecule has 0 aromatic heterocycles. The van der Waals surface area contributed by atoms with Crippen LogP contribution in [0.1, 0.15) is 72.5 Å². The molecule has 0 radical (unpaired) electrons. The summed E-state index contributed by atoms with van der Waals surface area (Å²) in [5.41, 5.74) is 2.66. The number of carbonyl (C=O) groups is 2. The zero-order valence-corrected chi connectivity index (χ0v) is 23.5. The fourth-order valence-corrected chi connectivity index (χ4v) is 6.79. The third kappa shape index (κ3) is 6.25. The average Bonchev–Trinajstić information content (AvgIpc) is 3.36. The number of likely N-dealkylation sites (tertiary alicyclic amines) is 1. The zero-order valence-electron chi connectivity index (χ0n) is 23.5. The number of rotatable bonds is 8. The molecular formula is C34H39N3O4. The van der Waals surface area contributed by atoms with E-state index in [4.69, 9.17) is 4.74 Å². The van der Waals surface area contributed by atoms with Crippen molar-refractivity contribution in [3.63, 3.8) is 0 Å². The van der Waals surface area contributed by atoms with Gasteiger partial charge in [0.05, 0.1) is 11.6 Å². The summed E-state index contributed by atoms with van der Waals surface area (Å²) in [6.45, 7) is 3.58. The van der Waals surface area contributed by atoms with Crippen LogP contribution in [-0.2, 0) is 6.54 Å². The monoisotopic (exact) mass is 553 g/mol. The minimum absolute atomic E-state index is 0.130. The van der Waals surface area contributed by atoms with Crippen molar-refractivity contribution < 1.29 is 19.4 Å². The van der Waals surface area contributed by atoms with E-state index in [1.165, 1.54) is 36.5 Å². The van der Waals surface area contributed by atoms with Crippen molar-refractivity contribution in [3.8, 4) is 11.5 Å². The van der Waals surface area contributed by atoms with Crippen LogP contribution in [0.5, 0.6) is 11.5 Å². The van der Waals surface area contributed by atoms with Gasteiger partial charge in [-0.2, -0.15) is 0 Å². The second kappa shape index (κ2) is 12.4. The average molecular weight is 554 g/mol. The minimum atomic E-state index is -0.971. The van der Waals surface area contributed by atoms with Gasteiger partial charge in [-0.1, -0.05) is 67.8 Å². The van der Waals surface area contributed by atoms with Crippen LogP contribution < -0.4 is 4.74 Å². The van der Waals surface area contributed by atoms with Crippen LogP contribution >= 0.6 is 0 Å². The molecule has 2 aliphatic heterocycles. The van der Waals surface area contributed by atoms with Crippen LogP contribution in [0.2, 0.25) is 0 Å². The van der Waals surface area contributed by atoms with Crippen molar-refractivity contribution in [2.45, 2.75) is 69.6 Å². The molecule has 2 heterocycles. The SMILES string of the molecule is O=C(O)c1cccc(Oc2ccc(CN3CCC(N4C(=O)N(C5CCCCC5)C[C@H]4c4ccccc4)CC3)cc2)c1. The number of hydrogen-bond acceptors (Lipinski definition) is 4. The highest BCUT2D eigenvalue weighted by molar-refractivity contribution is 5.88. The summed E-state index contributed by atoms with van der Waals surface area (Å²) < 4.78 is 5.88. The van der Waals surface area contributed by atoms with Crippen molar-refractivity contribution in [2.75, 3.05) is 19.6 Å². The van der Waals surface area contributed by atoms with Gasteiger partial charge in [0, 0.05) is 38.3 Å². The third-order valence-electron chi connectivity index (χ3n) is 8.97. The number of nitrogens with zero attached hydrogens (tertiary/aromatic N) is 3. The molecule has 6 rings (SSSR count). The number of amides is 2. The summed E-state index contributed by atoms with van der Waals surface area (Å²) in [7, 11) is 0. The van der Waals surface area contributed by atoms with Crippen LogP contribution in [0.15, 0.2) is 78.9 Å². The molecule has 7 nitrogen and oxygen atoms in total. The highest BCUT2D eigenvalue weighted by atomic mass is 16.5. The van der Waals surface area contributed by atoms with Gasteiger partial charge in [0.15, 0.2) is 0 Å². The van der Waals surface area contributed by atoms with Gasteiger partial charge < -0.3 is 19.6 Å². The van der Waals surface area contributed by atoms with E-state index in [-0.39, 0.29) is 23.7 Å². The Bertz CT molecular complexity index is 1330. The lowest BCUT2D eigenvalue weighted by atomic mass is 9.94. The molecule has 3 fully saturated rings. The Morgan fingerprint density at radius 2 is 1.54 bits per heavy atom. The molecule has 0 unspecified atom stereocenters. The molecule has 7 heteroatoms. The summed E-state index contributed by atoms with van der Waals surface area (Å²) in [6.07, 6.45) is 7.99. The fraction of sp³-hybridized carbons (Fsp3) is 0.412. The third-order valence-corrected chi connectivity index (χ3v) is 8.97. The van der Waals surface area contributed by atoms with Gasteiger partial charge in [0.1, 0.15) is 11.5 Å². The van der Waals surface area contributed by atoms with Crippen molar-refractivity contribution in [2.24, 2.45) is 0 Å². The molecule has 1 atom stereocenters. The number of hydrogen-bond donors (Lipinski definition) is 1. The van der Waals surface area contributed by atoms with Gasteiger partial charge >= 0.3 is 12.0 Å². The summed E-state index contributed by atoms with van der Waals surface area (Å²) in [6, 6.07) is 26.1. The summed E-state index contributed by atoms with van der Waals surface area (Å²) in [4.78, 5) is 32.0. The van der Waals surface area contributed by atoms with Crippen LogP contribution in [-0.4, -0.2) is 63.5 Å². The number of carbonyl (C=O) groups excluding carboxylic acids is 1. The maximum atomic E-state index is 13.9. The van der Waals surface area contributed by atoms with E-state index in [2.05, 4.69) is 57.2 Å².